The smallest absolute Gasteiger partial charge is 0.207 e. The van der Waals surface area contributed by atoms with E-state index in [2.05, 4.69) is 18.1 Å². The highest BCUT2D eigenvalue weighted by Crippen LogP contribution is 2.83. The standard InChI is InChI=1S/C5H3F19N6O4P6/c1-35(18)25-36(19,20)27-38(22,32-3(9,10)11)29-40(24,34-5(15,16)17)30-39(23,33-4(12,13)14)28-37(21,26-35)31-2(6,7)8/h1H3. The third-order valence-electron chi connectivity index (χ3n) is 2.30. The maximum absolute atomic E-state index is 14.9. The SMILES string of the molecule is CP1(F)=NP(F)(F)=NP(F)(OC(F)(F)F)=NP(F)(OC(F)(F)F)=NP(F)(OC(F)(F)F)=NP(F)(OC(F)(F)F)=N1. The van der Waals surface area contributed by atoms with E-state index in [0.717, 1.165) is 13.5 Å². The molecule has 0 radical (unpaired) electrons. The summed E-state index contributed by atoms with van der Waals surface area (Å²) in [6, 6.07) is 0. The van der Waals surface area contributed by atoms with Crippen LogP contribution in [-0.4, -0.2) is 32.1 Å². The van der Waals surface area contributed by atoms with Crippen LogP contribution in [0, 0.1) is 0 Å². The number of nitrogens with zero attached hydrogens (tertiary/aromatic N) is 6. The van der Waals surface area contributed by atoms with Gasteiger partial charge in [-0.2, -0.15) is 30.0 Å². The Hall–Kier alpha value is -0.110. The monoisotopic (exact) mass is 758 g/mol. The second-order valence-electron chi connectivity index (χ2n) is 5.84. The minimum atomic E-state index is -8.18. The van der Waals surface area contributed by atoms with Gasteiger partial charge in [-0.05, 0) is 0 Å². The van der Waals surface area contributed by atoms with E-state index in [1.807, 2.05) is 0 Å². The molecule has 1 aliphatic rings. The normalized spacial score (nSPS) is 36.3. The Balaban J connectivity index is 4.65. The van der Waals surface area contributed by atoms with Crippen molar-refractivity contribution in [2.24, 2.45) is 27.1 Å². The number of halogens is 19. The van der Waals surface area contributed by atoms with Gasteiger partial charge in [0.05, 0.1) is 0 Å². The van der Waals surface area contributed by atoms with E-state index in [4.69, 9.17) is 0 Å². The topological polar surface area (TPSA) is 111 Å². The molecule has 0 fully saturated rings. The zero-order chi connectivity index (χ0) is 32.1. The molecular weight excluding hydrogens is 755 g/mol. The molecule has 0 aromatic carbocycles. The van der Waals surface area contributed by atoms with Crippen molar-refractivity contribution in [3.8, 4) is 0 Å². The van der Waals surface area contributed by atoms with Crippen LogP contribution in [0.4, 0.5) is 82.1 Å². The third kappa shape index (κ3) is 14.4. The molecule has 0 saturated carbocycles. The first-order valence-corrected chi connectivity index (χ1v) is 17.4. The molecule has 240 valence electrons. The zero-order valence-corrected chi connectivity index (χ0v) is 22.5. The minimum absolute atomic E-state index is 0.564. The van der Waals surface area contributed by atoms with Crippen molar-refractivity contribution in [1.82, 2.24) is 0 Å². The van der Waals surface area contributed by atoms with Crippen molar-refractivity contribution in [1.29, 1.82) is 0 Å². The van der Waals surface area contributed by atoms with Crippen molar-refractivity contribution < 1.29 is 100 Å². The van der Waals surface area contributed by atoms with Gasteiger partial charge in [0, 0.05) is 6.66 Å². The average Bonchev–Trinajstić information content (AvgIpc) is 2.38. The molecule has 10 nitrogen and oxygen atoms in total. The summed E-state index contributed by atoms with van der Waals surface area (Å²) in [6.45, 7) is -0.564. The highest BCUT2D eigenvalue weighted by molar-refractivity contribution is 7.79. The summed E-state index contributed by atoms with van der Waals surface area (Å²) in [5.41, 5.74) is 0. The summed E-state index contributed by atoms with van der Waals surface area (Å²) < 4.78 is 269. The van der Waals surface area contributed by atoms with Crippen LogP contribution >= 0.6 is 46.3 Å². The summed E-state index contributed by atoms with van der Waals surface area (Å²) in [5.74, 6) is 0. The fraction of sp³-hybridized carbons (Fsp3) is 1.00. The average molecular weight is 758 g/mol. The summed E-state index contributed by atoms with van der Waals surface area (Å²) in [7, 11) is -46.1. The zero-order valence-electron chi connectivity index (χ0n) is 17.2. The molecule has 0 spiro atoms. The Morgan fingerprint density at radius 3 is 0.850 bits per heavy atom. The molecule has 1 heterocycles. The predicted molar refractivity (Wildman–Crippen MR) is 98.3 cm³/mol. The van der Waals surface area contributed by atoms with Crippen LogP contribution in [0.15, 0.2) is 27.1 Å². The summed E-state index contributed by atoms with van der Waals surface area (Å²) in [6.07, 6.45) is -26.9. The van der Waals surface area contributed by atoms with Gasteiger partial charge in [0.1, 0.15) is 0 Å². The van der Waals surface area contributed by atoms with Gasteiger partial charge in [0.2, 0.25) is 7.52 Å². The van der Waals surface area contributed by atoms with Crippen molar-refractivity contribution in [2.75, 3.05) is 6.66 Å². The van der Waals surface area contributed by atoms with Gasteiger partial charge in [0.15, 0.2) is 0 Å². The first-order chi connectivity index (χ1) is 17.1. The van der Waals surface area contributed by atoms with Gasteiger partial charge in [-0.1, -0.05) is 0 Å². The van der Waals surface area contributed by atoms with E-state index in [-0.39, 0.29) is 0 Å². The van der Waals surface area contributed by atoms with Gasteiger partial charge in [-0.25, -0.2) is 18.1 Å². The van der Waals surface area contributed by atoms with E-state index in [9.17, 15) is 82.1 Å². The van der Waals surface area contributed by atoms with Crippen molar-refractivity contribution >= 4 is 46.3 Å². The van der Waals surface area contributed by atoms with Crippen LogP contribution in [0.25, 0.3) is 0 Å². The van der Waals surface area contributed by atoms with Crippen molar-refractivity contribution in [2.45, 2.75) is 25.4 Å². The Morgan fingerprint density at radius 1 is 0.375 bits per heavy atom. The molecule has 0 aromatic rings. The maximum Gasteiger partial charge on any atom is 0.530 e. The molecule has 0 bridgehead atoms. The highest BCUT2D eigenvalue weighted by Gasteiger charge is 2.52. The molecule has 35 heteroatoms. The lowest BCUT2D eigenvalue weighted by molar-refractivity contribution is -0.276. The van der Waals surface area contributed by atoms with Crippen LogP contribution in [0.1, 0.15) is 0 Å². The van der Waals surface area contributed by atoms with Crippen molar-refractivity contribution in [3.63, 3.8) is 0 Å². The fourth-order valence-corrected chi connectivity index (χ4v) is 14.2. The Bertz CT molecular complexity index is 1270. The lowest BCUT2D eigenvalue weighted by Crippen LogP contribution is -2.12. The summed E-state index contributed by atoms with van der Waals surface area (Å²) in [4.78, 5) is 0. The van der Waals surface area contributed by atoms with Crippen molar-refractivity contribution in [3.05, 3.63) is 0 Å². The minimum Gasteiger partial charge on any atom is -0.207 e. The van der Waals surface area contributed by atoms with E-state index >= 15 is 0 Å². The Morgan fingerprint density at radius 2 is 0.600 bits per heavy atom. The lowest BCUT2D eigenvalue weighted by atomic mass is 11.4. The lowest BCUT2D eigenvalue weighted by Gasteiger charge is -2.22. The molecule has 40 heavy (non-hydrogen) atoms. The predicted octanol–water partition coefficient (Wildman–Crippen LogP) is 13.3. The van der Waals surface area contributed by atoms with Crippen LogP contribution in [0.5, 0.6) is 0 Å². The number of hydrogen-bond acceptors (Lipinski definition) is 10. The first-order valence-electron chi connectivity index (χ1n) is 7.85. The molecule has 1 rings (SSSR count). The van der Waals surface area contributed by atoms with E-state index in [0.29, 0.717) is 0 Å². The Kier molecular flexibility index (Phi) is 10.8. The van der Waals surface area contributed by atoms with Gasteiger partial charge in [0.25, 0.3) is 0 Å². The highest BCUT2D eigenvalue weighted by atomic mass is 31.3. The summed E-state index contributed by atoms with van der Waals surface area (Å²) >= 11 is 0. The van der Waals surface area contributed by atoms with Crippen LogP contribution < -0.4 is 0 Å². The maximum atomic E-state index is 14.9. The Labute approximate surface area is 206 Å². The second-order valence-corrected chi connectivity index (χ2v) is 17.2. The van der Waals surface area contributed by atoms with E-state index in [1.54, 1.807) is 0 Å². The van der Waals surface area contributed by atoms with E-state index < -0.39 is 78.4 Å². The number of rotatable bonds is 4. The molecule has 0 N–H and O–H groups in total. The quantitative estimate of drug-likeness (QED) is 0.210. The van der Waals surface area contributed by atoms with Crippen LogP contribution in [0.2, 0.25) is 0 Å². The first kappa shape index (κ1) is 37.9. The van der Waals surface area contributed by atoms with Crippen LogP contribution in [0.3, 0.4) is 0 Å². The van der Waals surface area contributed by atoms with Gasteiger partial charge in [-0.15, -0.1) is 79.1 Å². The largest absolute Gasteiger partial charge is 0.530 e. The number of hydrogen-bond donors (Lipinski definition) is 0. The van der Waals surface area contributed by atoms with Gasteiger partial charge in [-0.3, -0.25) is 0 Å². The van der Waals surface area contributed by atoms with E-state index in [1.165, 1.54) is 13.5 Å². The molecule has 5 atom stereocenters. The molecule has 5 unspecified atom stereocenters. The van der Waals surface area contributed by atoms with Gasteiger partial charge >= 0.3 is 64.2 Å². The second kappa shape index (κ2) is 11.4. The molecule has 0 aromatic heterocycles. The summed E-state index contributed by atoms with van der Waals surface area (Å²) in [5, 5.41) is 0. The fourth-order valence-electron chi connectivity index (χ4n) is 1.72. The molecule has 0 saturated heterocycles. The molecular formula is C5H3F19N6O4P6. The molecule has 0 amide bonds. The molecule has 0 aliphatic carbocycles. The van der Waals surface area contributed by atoms with Crippen LogP contribution in [-0.2, 0) is 18.1 Å². The van der Waals surface area contributed by atoms with Gasteiger partial charge < -0.3 is 0 Å². The number of alkyl halides is 12. The third-order valence-corrected chi connectivity index (χ3v) is 15.5. The molecule has 1 aliphatic heterocycles.